The van der Waals surface area contributed by atoms with E-state index in [-0.39, 0.29) is 4.90 Å². The number of sulfonamides is 1. The molecule has 3 rings (SSSR count). The third-order valence-corrected chi connectivity index (χ3v) is 5.62. The maximum atomic E-state index is 13.2. The molecule has 140 valence electrons. The molecule has 1 heterocycles. The average molecular weight is 385 g/mol. The van der Waals surface area contributed by atoms with E-state index in [9.17, 15) is 12.8 Å². The molecule has 2 aromatic carbocycles. The molecule has 0 saturated carbocycles. The van der Waals surface area contributed by atoms with Crippen LogP contribution in [0.15, 0.2) is 71.8 Å². The van der Waals surface area contributed by atoms with E-state index in [1.165, 1.54) is 18.3 Å². The molecule has 1 aromatic heterocycles. The summed E-state index contributed by atoms with van der Waals surface area (Å²) in [5.41, 5.74) is 1.84. The number of nitrogens with one attached hydrogen (secondary N) is 1. The summed E-state index contributed by atoms with van der Waals surface area (Å²) in [5, 5.41) is 0. The monoisotopic (exact) mass is 385 g/mol. The van der Waals surface area contributed by atoms with Crippen molar-refractivity contribution in [3.63, 3.8) is 0 Å². The van der Waals surface area contributed by atoms with E-state index in [1.807, 2.05) is 42.3 Å². The van der Waals surface area contributed by atoms with Crippen molar-refractivity contribution in [3.05, 3.63) is 83.8 Å². The minimum atomic E-state index is -3.81. The lowest BCUT2D eigenvalue weighted by Crippen LogP contribution is -2.18. The lowest BCUT2D eigenvalue weighted by Gasteiger charge is -2.18. The van der Waals surface area contributed by atoms with Crippen LogP contribution in [0, 0.1) is 12.7 Å². The molecular weight excluding hydrogens is 365 g/mol. The summed E-state index contributed by atoms with van der Waals surface area (Å²) in [7, 11) is -1.89. The Balaban J connectivity index is 1.73. The van der Waals surface area contributed by atoms with Crippen molar-refractivity contribution < 1.29 is 12.8 Å². The Bertz CT molecular complexity index is 1020. The van der Waals surface area contributed by atoms with Gasteiger partial charge in [0.25, 0.3) is 10.0 Å². The summed E-state index contributed by atoms with van der Waals surface area (Å²) in [5.74, 6) is 0.249. The van der Waals surface area contributed by atoms with Gasteiger partial charge in [0.05, 0.1) is 16.8 Å². The largest absolute Gasteiger partial charge is 0.355 e. The second kappa shape index (κ2) is 7.75. The maximum Gasteiger partial charge on any atom is 0.262 e. The molecule has 5 nitrogen and oxygen atoms in total. The third kappa shape index (κ3) is 4.62. The number of aromatic nitrogens is 1. The van der Waals surface area contributed by atoms with Gasteiger partial charge in [0.2, 0.25) is 0 Å². The summed E-state index contributed by atoms with van der Waals surface area (Å²) >= 11 is 0. The van der Waals surface area contributed by atoms with Gasteiger partial charge in [-0.2, -0.15) is 0 Å². The van der Waals surface area contributed by atoms with E-state index in [0.29, 0.717) is 17.8 Å². The van der Waals surface area contributed by atoms with E-state index >= 15 is 0 Å². The van der Waals surface area contributed by atoms with Crippen molar-refractivity contribution in [2.75, 3.05) is 16.7 Å². The fraction of sp³-hybridized carbons (Fsp3) is 0.150. The van der Waals surface area contributed by atoms with Gasteiger partial charge >= 0.3 is 0 Å². The molecule has 1 N–H and O–H groups in total. The zero-order valence-electron chi connectivity index (χ0n) is 15.1. The van der Waals surface area contributed by atoms with Crippen LogP contribution in [0.1, 0.15) is 11.1 Å². The summed E-state index contributed by atoms with van der Waals surface area (Å²) in [4.78, 5) is 6.33. The zero-order chi connectivity index (χ0) is 19.4. The Kier molecular flexibility index (Phi) is 5.41. The lowest BCUT2D eigenvalue weighted by molar-refractivity contribution is 0.598. The number of halogens is 1. The predicted molar refractivity (Wildman–Crippen MR) is 105 cm³/mol. The van der Waals surface area contributed by atoms with Crippen LogP contribution in [0.5, 0.6) is 0 Å². The van der Waals surface area contributed by atoms with E-state index in [1.54, 1.807) is 19.1 Å². The third-order valence-electron chi connectivity index (χ3n) is 4.08. The highest BCUT2D eigenvalue weighted by Gasteiger charge is 2.17. The molecule has 0 bridgehead atoms. The molecule has 3 aromatic rings. The number of aryl methyl sites for hydroxylation is 1. The normalized spacial score (nSPS) is 11.2. The molecule has 7 heteroatoms. The van der Waals surface area contributed by atoms with Crippen molar-refractivity contribution in [2.24, 2.45) is 0 Å². The molecule has 0 radical (unpaired) electrons. The van der Waals surface area contributed by atoms with Crippen molar-refractivity contribution in [1.82, 2.24) is 4.98 Å². The van der Waals surface area contributed by atoms with Crippen LogP contribution in [-0.4, -0.2) is 20.4 Å². The van der Waals surface area contributed by atoms with Gasteiger partial charge in [-0.25, -0.2) is 17.8 Å². The summed E-state index contributed by atoms with van der Waals surface area (Å²) in [6, 6.07) is 17.0. The molecule has 0 fully saturated rings. The second-order valence-corrected chi connectivity index (χ2v) is 7.91. The molecule has 0 saturated heterocycles. The van der Waals surface area contributed by atoms with Crippen LogP contribution in [-0.2, 0) is 16.6 Å². The molecule has 0 aliphatic heterocycles. The van der Waals surface area contributed by atoms with Gasteiger partial charge in [-0.15, -0.1) is 0 Å². The number of hydrogen-bond acceptors (Lipinski definition) is 4. The minimum Gasteiger partial charge on any atom is -0.355 e. The van der Waals surface area contributed by atoms with E-state index in [4.69, 9.17) is 0 Å². The fourth-order valence-electron chi connectivity index (χ4n) is 2.73. The van der Waals surface area contributed by atoms with E-state index in [0.717, 1.165) is 17.4 Å². The summed E-state index contributed by atoms with van der Waals surface area (Å²) in [6.07, 6.45) is 1.47. The van der Waals surface area contributed by atoms with Gasteiger partial charge < -0.3 is 4.90 Å². The van der Waals surface area contributed by atoms with Crippen LogP contribution in [0.2, 0.25) is 0 Å². The van der Waals surface area contributed by atoms with Gasteiger partial charge in [-0.1, -0.05) is 30.3 Å². The number of rotatable bonds is 6. The van der Waals surface area contributed by atoms with Crippen molar-refractivity contribution >= 4 is 21.5 Å². The molecule has 0 spiro atoms. The SMILES string of the molecule is Cc1cc(F)ccc1S(=O)(=O)Nc1ccc(N(C)Cc2ccccc2)nc1. The highest BCUT2D eigenvalue weighted by Crippen LogP contribution is 2.21. The number of pyridine rings is 1. The molecule has 0 aliphatic carbocycles. The van der Waals surface area contributed by atoms with Gasteiger partial charge in [0.1, 0.15) is 11.6 Å². The zero-order valence-corrected chi connectivity index (χ0v) is 15.9. The van der Waals surface area contributed by atoms with Gasteiger partial charge in [0, 0.05) is 13.6 Å². The number of hydrogen-bond donors (Lipinski definition) is 1. The summed E-state index contributed by atoms with van der Waals surface area (Å²) in [6.45, 7) is 2.24. The molecule has 0 amide bonds. The Morgan fingerprint density at radius 3 is 2.44 bits per heavy atom. The Morgan fingerprint density at radius 1 is 1.07 bits per heavy atom. The van der Waals surface area contributed by atoms with Crippen molar-refractivity contribution in [2.45, 2.75) is 18.4 Å². The quantitative estimate of drug-likeness (QED) is 0.698. The van der Waals surface area contributed by atoms with Crippen LogP contribution in [0.4, 0.5) is 15.9 Å². The Morgan fingerprint density at radius 2 is 1.81 bits per heavy atom. The first-order valence-corrected chi connectivity index (χ1v) is 9.83. The number of anilines is 2. The minimum absolute atomic E-state index is 0.0363. The molecule has 27 heavy (non-hydrogen) atoms. The molecule has 0 unspecified atom stereocenters. The first-order chi connectivity index (χ1) is 12.8. The standard InChI is InChI=1S/C20H20FN3O2S/c1-15-12-17(21)8-10-19(15)27(25,26)23-18-9-11-20(22-13-18)24(2)14-16-6-4-3-5-7-16/h3-13,23H,14H2,1-2H3. The molecule has 0 aliphatic rings. The summed E-state index contributed by atoms with van der Waals surface area (Å²) < 4.78 is 40.7. The topological polar surface area (TPSA) is 62.3 Å². The predicted octanol–water partition coefficient (Wildman–Crippen LogP) is 3.97. The van der Waals surface area contributed by atoms with Gasteiger partial charge in [0.15, 0.2) is 0 Å². The molecular formula is C20H20FN3O2S. The van der Waals surface area contributed by atoms with Crippen LogP contribution >= 0.6 is 0 Å². The van der Waals surface area contributed by atoms with Crippen LogP contribution < -0.4 is 9.62 Å². The first kappa shape index (κ1) is 18.8. The Hall–Kier alpha value is -2.93. The molecule has 0 atom stereocenters. The van der Waals surface area contributed by atoms with Crippen molar-refractivity contribution in [3.8, 4) is 0 Å². The average Bonchev–Trinajstić information content (AvgIpc) is 2.62. The maximum absolute atomic E-state index is 13.2. The highest BCUT2D eigenvalue weighted by molar-refractivity contribution is 7.92. The van der Waals surface area contributed by atoms with Crippen LogP contribution in [0.25, 0.3) is 0 Å². The van der Waals surface area contributed by atoms with Gasteiger partial charge in [-0.3, -0.25) is 4.72 Å². The number of nitrogens with zero attached hydrogens (tertiary/aromatic N) is 2. The Labute approximate surface area is 158 Å². The van der Waals surface area contributed by atoms with Crippen molar-refractivity contribution in [1.29, 1.82) is 0 Å². The van der Waals surface area contributed by atoms with E-state index in [2.05, 4.69) is 9.71 Å². The smallest absolute Gasteiger partial charge is 0.262 e. The van der Waals surface area contributed by atoms with E-state index < -0.39 is 15.8 Å². The fourth-order valence-corrected chi connectivity index (χ4v) is 4.01. The van der Waals surface area contributed by atoms with Gasteiger partial charge in [-0.05, 0) is 48.4 Å². The highest BCUT2D eigenvalue weighted by atomic mass is 32.2. The van der Waals surface area contributed by atoms with Crippen LogP contribution in [0.3, 0.4) is 0 Å². The number of benzene rings is 2. The lowest BCUT2D eigenvalue weighted by atomic mass is 10.2. The first-order valence-electron chi connectivity index (χ1n) is 8.35. The second-order valence-electron chi connectivity index (χ2n) is 6.26.